The fourth-order valence-electron chi connectivity index (χ4n) is 3.94. The molecule has 3 heterocycles. The molecule has 0 unspecified atom stereocenters. The molecule has 1 N–H and O–H groups in total. The first-order chi connectivity index (χ1) is 16.5. The topological polar surface area (TPSA) is 105 Å². The second kappa shape index (κ2) is 9.26. The minimum atomic E-state index is -0.00447. The summed E-state index contributed by atoms with van der Waals surface area (Å²) in [6, 6.07) is 17.5. The van der Waals surface area contributed by atoms with E-state index in [9.17, 15) is 4.79 Å². The third-order valence-electron chi connectivity index (χ3n) is 5.75. The van der Waals surface area contributed by atoms with E-state index in [0.29, 0.717) is 37.6 Å². The average Bonchev–Trinajstić information content (AvgIpc) is 3.40. The van der Waals surface area contributed by atoms with E-state index in [4.69, 9.17) is 0 Å². The van der Waals surface area contributed by atoms with Crippen LogP contribution >= 0.6 is 0 Å². The Hall–Kier alpha value is -4.34. The number of amides is 1. The number of tetrazole rings is 1. The number of aryl methyl sites for hydroxylation is 2. The normalized spacial score (nSPS) is 13.7. The molecule has 172 valence electrons. The van der Waals surface area contributed by atoms with Crippen LogP contribution in [0.3, 0.4) is 0 Å². The van der Waals surface area contributed by atoms with Crippen LogP contribution in [0, 0.1) is 13.8 Å². The van der Waals surface area contributed by atoms with Crippen LogP contribution in [0.25, 0.3) is 5.69 Å². The number of carbonyl (C=O) groups excluding carboxylic acids is 1. The number of piperazine rings is 1. The molecule has 1 fully saturated rings. The van der Waals surface area contributed by atoms with E-state index >= 15 is 0 Å². The van der Waals surface area contributed by atoms with Gasteiger partial charge >= 0.3 is 0 Å². The minimum absolute atomic E-state index is 0.00447. The van der Waals surface area contributed by atoms with Crippen LogP contribution in [0.5, 0.6) is 0 Å². The third-order valence-corrected chi connectivity index (χ3v) is 5.75. The number of nitrogens with one attached hydrogen (secondary N) is 1. The molecule has 1 aliphatic heterocycles. The van der Waals surface area contributed by atoms with Crippen LogP contribution in [0.1, 0.15) is 21.7 Å². The lowest BCUT2D eigenvalue weighted by Gasteiger charge is -2.35. The van der Waals surface area contributed by atoms with Crippen LogP contribution < -0.4 is 10.2 Å². The monoisotopic (exact) mass is 455 g/mol. The maximum Gasteiger partial charge on any atom is 0.254 e. The highest BCUT2D eigenvalue weighted by Gasteiger charge is 2.24. The van der Waals surface area contributed by atoms with Gasteiger partial charge in [0.25, 0.3) is 5.91 Å². The van der Waals surface area contributed by atoms with E-state index in [1.165, 1.54) is 16.6 Å². The number of anilines is 3. The van der Waals surface area contributed by atoms with Crippen LogP contribution in [-0.2, 0) is 0 Å². The molecule has 1 aliphatic rings. The summed E-state index contributed by atoms with van der Waals surface area (Å²) in [5.41, 5.74) is 3.55. The van der Waals surface area contributed by atoms with Crippen LogP contribution in [0.2, 0.25) is 0 Å². The average molecular weight is 456 g/mol. The minimum Gasteiger partial charge on any atom is -0.353 e. The predicted molar refractivity (Wildman–Crippen MR) is 129 cm³/mol. The number of rotatable bonds is 5. The Balaban J connectivity index is 1.25. The zero-order valence-corrected chi connectivity index (χ0v) is 19.1. The van der Waals surface area contributed by atoms with Crippen molar-refractivity contribution >= 4 is 23.2 Å². The van der Waals surface area contributed by atoms with Gasteiger partial charge in [0.05, 0.1) is 5.69 Å². The van der Waals surface area contributed by atoms with Gasteiger partial charge in [0, 0.05) is 43.5 Å². The molecule has 2 aromatic heterocycles. The Bertz CT molecular complexity index is 1280. The summed E-state index contributed by atoms with van der Waals surface area (Å²) in [6.07, 6.45) is 1.51. The molecule has 0 atom stereocenters. The molecular formula is C24H25N9O. The van der Waals surface area contributed by atoms with Gasteiger partial charge in [-0.15, -0.1) is 5.10 Å². The van der Waals surface area contributed by atoms with Crippen molar-refractivity contribution in [3.8, 4) is 5.69 Å². The summed E-state index contributed by atoms with van der Waals surface area (Å²) in [6.45, 7) is 6.56. The first-order valence-corrected chi connectivity index (χ1v) is 11.1. The number of nitrogens with zero attached hydrogens (tertiary/aromatic N) is 8. The van der Waals surface area contributed by atoms with Crippen molar-refractivity contribution in [3.05, 3.63) is 77.9 Å². The van der Waals surface area contributed by atoms with Crippen molar-refractivity contribution < 1.29 is 4.79 Å². The van der Waals surface area contributed by atoms with Crippen LogP contribution in [0.4, 0.5) is 17.3 Å². The number of benzene rings is 2. The van der Waals surface area contributed by atoms with E-state index in [1.807, 2.05) is 54.3 Å². The summed E-state index contributed by atoms with van der Waals surface area (Å²) in [7, 11) is 0. The maximum atomic E-state index is 13.1. The molecule has 34 heavy (non-hydrogen) atoms. The molecule has 0 bridgehead atoms. The molecule has 0 spiro atoms. The second-order valence-corrected chi connectivity index (χ2v) is 8.23. The Kier molecular flexibility index (Phi) is 5.86. The molecule has 2 aromatic carbocycles. The van der Waals surface area contributed by atoms with Crippen molar-refractivity contribution in [3.63, 3.8) is 0 Å². The molecule has 4 aromatic rings. The lowest BCUT2D eigenvalue weighted by molar-refractivity contribution is 0.0746. The Morgan fingerprint density at radius 3 is 2.47 bits per heavy atom. The summed E-state index contributed by atoms with van der Waals surface area (Å²) in [5.74, 6) is 2.30. The molecule has 5 rings (SSSR count). The molecule has 1 saturated heterocycles. The molecule has 1 amide bonds. The molecule has 10 heteroatoms. The zero-order chi connectivity index (χ0) is 23.5. The number of aromatic nitrogens is 6. The highest BCUT2D eigenvalue weighted by atomic mass is 16.2. The Labute approximate surface area is 197 Å². The van der Waals surface area contributed by atoms with Gasteiger partial charge in [-0.1, -0.05) is 23.8 Å². The van der Waals surface area contributed by atoms with E-state index < -0.39 is 0 Å². The summed E-state index contributed by atoms with van der Waals surface area (Å²) in [5, 5.41) is 14.6. The number of hydrogen-bond acceptors (Lipinski definition) is 8. The lowest BCUT2D eigenvalue weighted by Crippen LogP contribution is -2.49. The highest BCUT2D eigenvalue weighted by Crippen LogP contribution is 2.22. The predicted octanol–water partition coefficient (Wildman–Crippen LogP) is 2.78. The first kappa shape index (κ1) is 21.5. The van der Waals surface area contributed by atoms with Crippen molar-refractivity contribution in [2.24, 2.45) is 0 Å². The van der Waals surface area contributed by atoms with E-state index in [0.717, 1.165) is 23.0 Å². The number of carbonyl (C=O) groups is 1. The molecule has 0 aliphatic carbocycles. The smallest absolute Gasteiger partial charge is 0.254 e. The highest BCUT2D eigenvalue weighted by molar-refractivity contribution is 5.95. The molecule has 0 saturated carbocycles. The van der Waals surface area contributed by atoms with Crippen molar-refractivity contribution in [1.82, 2.24) is 35.1 Å². The largest absolute Gasteiger partial charge is 0.353 e. The van der Waals surface area contributed by atoms with E-state index in [2.05, 4.69) is 54.8 Å². The zero-order valence-electron chi connectivity index (χ0n) is 19.1. The van der Waals surface area contributed by atoms with Gasteiger partial charge in [-0.3, -0.25) is 4.79 Å². The summed E-state index contributed by atoms with van der Waals surface area (Å²) in [4.78, 5) is 26.3. The van der Waals surface area contributed by atoms with Crippen LogP contribution in [0.15, 0.2) is 60.9 Å². The maximum absolute atomic E-state index is 13.1. The van der Waals surface area contributed by atoms with Gasteiger partial charge in [0.15, 0.2) is 0 Å². The number of hydrogen-bond donors (Lipinski definition) is 1. The summed E-state index contributed by atoms with van der Waals surface area (Å²) < 4.78 is 1.54. The standard InChI is InChI=1S/C24H25N9O/c1-17-6-8-20(9-7-17)28-22-15-23(27-18(2)26-22)31-10-12-32(13-11-31)24(34)19-4-3-5-21(14-19)33-16-25-29-30-33/h3-9,14-16H,10-13H2,1-2H3,(H,26,27,28). The molecular weight excluding hydrogens is 430 g/mol. The van der Waals surface area contributed by atoms with Gasteiger partial charge in [0.2, 0.25) is 0 Å². The first-order valence-electron chi connectivity index (χ1n) is 11.1. The van der Waals surface area contributed by atoms with Gasteiger partial charge in [-0.25, -0.2) is 14.6 Å². The third kappa shape index (κ3) is 4.70. The van der Waals surface area contributed by atoms with Gasteiger partial charge in [-0.2, -0.15) is 0 Å². The lowest BCUT2D eigenvalue weighted by atomic mass is 10.1. The fourth-order valence-corrected chi connectivity index (χ4v) is 3.94. The van der Waals surface area contributed by atoms with Crippen molar-refractivity contribution in [1.29, 1.82) is 0 Å². The molecule has 0 radical (unpaired) electrons. The van der Waals surface area contributed by atoms with Crippen molar-refractivity contribution in [2.75, 3.05) is 36.4 Å². The quantitative estimate of drug-likeness (QED) is 0.490. The Morgan fingerprint density at radius 2 is 1.74 bits per heavy atom. The van der Waals surface area contributed by atoms with Crippen LogP contribution in [-0.4, -0.2) is 67.2 Å². The van der Waals surface area contributed by atoms with E-state index in [-0.39, 0.29) is 5.91 Å². The van der Waals surface area contributed by atoms with E-state index in [1.54, 1.807) is 0 Å². The Morgan fingerprint density at radius 1 is 0.941 bits per heavy atom. The summed E-state index contributed by atoms with van der Waals surface area (Å²) >= 11 is 0. The molecule has 10 nitrogen and oxygen atoms in total. The SMILES string of the molecule is Cc1ccc(Nc2cc(N3CCN(C(=O)c4cccc(-n5cnnn5)c4)CC3)nc(C)n2)cc1. The fraction of sp³-hybridized carbons (Fsp3) is 0.250. The van der Waals surface area contributed by atoms with Gasteiger partial charge in [-0.05, 0) is 54.6 Å². The second-order valence-electron chi connectivity index (χ2n) is 8.23. The van der Waals surface area contributed by atoms with Gasteiger partial charge < -0.3 is 15.1 Å². The van der Waals surface area contributed by atoms with Crippen molar-refractivity contribution in [2.45, 2.75) is 13.8 Å². The van der Waals surface area contributed by atoms with Gasteiger partial charge in [0.1, 0.15) is 23.8 Å².